The third-order valence-corrected chi connectivity index (χ3v) is 4.40. The molecule has 2 N–H and O–H groups in total. The highest BCUT2D eigenvalue weighted by molar-refractivity contribution is 5.93. The maximum Gasteiger partial charge on any atom is 0.313 e. The number of amides is 2. The van der Waals surface area contributed by atoms with E-state index in [-0.39, 0.29) is 24.5 Å². The number of nitrogens with one attached hydrogen (secondary N) is 2. The number of ether oxygens (including phenoxy) is 1. The minimum atomic E-state index is -0.817. The summed E-state index contributed by atoms with van der Waals surface area (Å²) < 4.78 is 5.26. The van der Waals surface area contributed by atoms with Crippen LogP contribution in [-0.2, 0) is 19.1 Å². The van der Waals surface area contributed by atoms with E-state index in [1.165, 1.54) is 0 Å². The third kappa shape index (κ3) is 5.86. The zero-order valence-electron chi connectivity index (χ0n) is 15.8. The van der Waals surface area contributed by atoms with Crippen molar-refractivity contribution < 1.29 is 19.1 Å². The number of hydrogen-bond donors (Lipinski definition) is 2. The van der Waals surface area contributed by atoms with Gasteiger partial charge in [-0.05, 0) is 45.7 Å². The van der Waals surface area contributed by atoms with Gasteiger partial charge < -0.3 is 15.4 Å². The molecular weight excluding hydrogens is 332 g/mol. The predicted octanol–water partition coefficient (Wildman–Crippen LogP) is 3.03. The van der Waals surface area contributed by atoms with Crippen molar-refractivity contribution in [2.24, 2.45) is 5.41 Å². The average molecular weight is 360 g/mol. The number of rotatable bonds is 6. The minimum absolute atomic E-state index is 0.101. The zero-order chi connectivity index (χ0) is 19.2. The van der Waals surface area contributed by atoms with Crippen LogP contribution in [0.2, 0.25) is 0 Å². The maximum atomic E-state index is 12.6. The number of hydrogen-bond acceptors (Lipinski definition) is 4. The molecule has 6 nitrogen and oxygen atoms in total. The average Bonchev–Trinajstić information content (AvgIpc) is 3.01. The SMILES string of the molecule is CC(C)(C)NC(=O)CC1(C(=O)OCC(=O)Nc2ccccc2)CCCC1. The second-order valence-electron chi connectivity index (χ2n) is 7.95. The lowest BCUT2D eigenvalue weighted by molar-refractivity contribution is -0.160. The highest BCUT2D eigenvalue weighted by Crippen LogP contribution is 2.42. The molecule has 1 aliphatic rings. The first-order chi connectivity index (χ1) is 12.2. The van der Waals surface area contributed by atoms with Gasteiger partial charge in [0.1, 0.15) is 0 Å². The predicted molar refractivity (Wildman–Crippen MR) is 99.4 cm³/mol. The second-order valence-corrected chi connectivity index (χ2v) is 7.95. The molecule has 26 heavy (non-hydrogen) atoms. The Balaban J connectivity index is 1.91. The second kappa shape index (κ2) is 8.34. The summed E-state index contributed by atoms with van der Waals surface area (Å²) in [6.45, 7) is 5.35. The molecule has 0 radical (unpaired) electrons. The number of esters is 1. The van der Waals surface area contributed by atoms with Crippen molar-refractivity contribution in [3.63, 3.8) is 0 Å². The van der Waals surface area contributed by atoms with Crippen molar-refractivity contribution in [1.29, 1.82) is 0 Å². The lowest BCUT2D eigenvalue weighted by Gasteiger charge is -2.28. The van der Waals surface area contributed by atoms with Gasteiger partial charge in [-0.1, -0.05) is 31.0 Å². The van der Waals surface area contributed by atoms with Crippen LogP contribution in [0.3, 0.4) is 0 Å². The summed E-state index contributed by atoms with van der Waals surface area (Å²) in [5.41, 5.74) is -0.521. The maximum absolute atomic E-state index is 12.6. The number of para-hydroxylation sites is 1. The molecule has 2 rings (SSSR count). The topological polar surface area (TPSA) is 84.5 Å². The molecule has 6 heteroatoms. The molecule has 142 valence electrons. The van der Waals surface area contributed by atoms with Gasteiger partial charge in [0.15, 0.2) is 6.61 Å². The molecule has 0 saturated heterocycles. The molecule has 1 saturated carbocycles. The number of anilines is 1. The van der Waals surface area contributed by atoms with Crippen LogP contribution in [0.5, 0.6) is 0 Å². The Labute approximate surface area is 154 Å². The molecule has 0 unspecified atom stereocenters. The van der Waals surface area contributed by atoms with Crippen LogP contribution < -0.4 is 10.6 Å². The largest absolute Gasteiger partial charge is 0.455 e. The van der Waals surface area contributed by atoms with Gasteiger partial charge in [-0.2, -0.15) is 0 Å². The van der Waals surface area contributed by atoms with Crippen LogP contribution >= 0.6 is 0 Å². The van der Waals surface area contributed by atoms with Crippen molar-refractivity contribution in [3.05, 3.63) is 30.3 Å². The van der Waals surface area contributed by atoms with Crippen LogP contribution in [-0.4, -0.2) is 29.9 Å². The monoisotopic (exact) mass is 360 g/mol. The summed E-state index contributed by atoms with van der Waals surface area (Å²) in [4.78, 5) is 36.9. The lowest BCUT2D eigenvalue weighted by Crippen LogP contribution is -2.44. The van der Waals surface area contributed by atoms with Crippen LogP contribution in [0.1, 0.15) is 52.9 Å². The number of benzene rings is 1. The molecule has 1 aromatic rings. The van der Waals surface area contributed by atoms with Crippen LogP contribution in [0, 0.1) is 5.41 Å². The Morgan fingerprint density at radius 2 is 1.65 bits per heavy atom. The molecule has 0 bridgehead atoms. The van der Waals surface area contributed by atoms with Gasteiger partial charge in [-0.15, -0.1) is 0 Å². The van der Waals surface area contributed by atoms with E-state index in [2.05, 4.69) is 10.6 Å². The third-order valence-electron chi connectivity index (χ3n) is 4.40. The van der Waals surface area contributed by atoms with Crippen molar-refractivity contribution >= 4 is 23.5 Å². The normalized spacial score (nSPS) is 16.0. The van der Waals surface area contributed by atoms with Crippen molar-refractivity contribution in [2.45, 2.75) is 58.4 Å². The molecule has 0 aromatic heterocycles. The smallest absolute Gasteiger partial charge is 0.313 e. The highest BCUT2D eigenvalue weighted by Gasteiger charge is 2.44. The fourth-order valence-corrected chi connectivity index (χ4v) is 3.28. The van der Waals surface area contributed by atoms with E-state index in [9.17, 15) is 14.4 Å². The Morgan fingerprint density at radius 3 is 2.23 bits per heavy atom. The van der Waals surface area contributed by atoms with E-state index < -0.39 is 17.3 Å². The van der Waals surface area contributed by atoms with Crippen molar-refractivity contribution in [3.8, 4) is 0 Å². The van der Waals surface area contributed by atoms with E-state index in [1.807, 2.05) is 39.0 Å². The van der Waals surface area contributed by atoms with E-state index in [4.69, 9.17) is 4.74 Å². The molecule has 1 aliphatic carbocycles. The minimum Gasteiger partial charge on any atom is -0.455 e. The van der Waals surface area contributed by atoms with E-state index in [0.717, 1.165) is 12.8 Å². The molecule has 1 fully saturated rings. The van der Waals surface area contributed by atoms with Crippen molar-refractivity contribution in [2.75, 3.05) is 11.9 Å². The van der Waals surface area contributed by atoms with Crippen LogP contribution in [0.15, 0.2) is 30.3 Å². The first-order valence-corrected chi connectivity index (χ1v) is 9.03. The Hall–Kier alpha value is -2.37. The quantitative estimate of drug-likeness (QED) is 0.764. The molecule has 0 heterocycles. The summed E-state index contributed by atoms with van der Waals surface area (Å²) in [5, 5.41) is 5.57. The Morgan fingerprint density at radius 1 is 1.04 bits per heavy atom. The first-order valence-electron chi connectivity index (χ1n) is 9.03. The van der Waals surface area contributed by atoms with Gasteiger partial charge in [0.25, 0.3) is 5.91 Å². The van der Waals surface area contributed by atoms with Gasteiger partial charge in [-0.3, -0.25) is 14.4 Å². The van der Waals surface area contributed by atoms with Gasteiger partial charge >= 0.3 is 5.97 Å². The summed E-state index contributed by atoms with van der Waals surface area (Å²) in [5.74, 6) is -1.01. The van der Waals surface area contributed by atoms with Crippen LogP contribution in [0.4, 0.5) is 5.69 Å². The standard InChI is InChI=1S/C20H28N2O4/c1-19(2,3)22-16(23)13-20(11-7-8-12-20)18(25)26-14-17(24)21-15-9-5-4-6-10-15/h4-6,9-10H,7-8,11-14H2,1-3H3,(H,21,24)(H,22,23). The summed E-state index contributed by atoms with van der Waals surface area (Å²) >= 11 is 0. The molecule has 2 amide bonds. The fourth-order valence-electron chi connectivity index (χ4n) is 3.28. The summed E-state index contributed by atoms with van der Waals surface area (Å²) in [7, 11) is 0. The molecule has 0 atom stereocenters. The summed E-state index contributed by atoms with van der Waals surface area (Å²) in [6, 6.07) is 8.98. The summed E-state index contributed by atoms with van der Waals surface area (Å²) in [6.07, 6.45) is 3.10. The van der Waals surface area contributed by atoms with Gasteiger partial charge in [0.05, 0.1) is 5.41 Å². The number of carbonyl (C=O) groups excluding carboxylic acids is 3. The molecule has 0 aliphatic heterocycles. The lowest BCUT2D eigenvalue weighted by atomic mass is 9.82. The van der Waals surface area contributed by atoms with Crippen LogP contribution in [0.25, 0.3) is 0 Å². The molecule has 0 spiro atoms. The van der Waals surface area contributed by atoms with Gasteiger partial charge in [0.2, 0.25) is 5.91 Å². The van der Waals surface area contributed by atoms with E-state index >= 15 is 0 Å². The molecule has 1 aromatic carbocycles. The molecular formula is C20H28N2O4. The Bertz CT molecular complexity index is 644. The first kappa shape index (κ1) is 19.9. The Kier molecular flexibility index (Phi) is 6.40. The van der Waals surface area contributed by atoms with E-state index in [0.29, 0.717) is 18.5 Å². The van der Waals surface area contributed by atoms with Gasteiger partial charge in [-0.25, -0.2) is 0 Å². The van der Waals surface area contributed by atoms with Crippen molar-refractivity contribution in [1.82, 2.24) is 5.32 Å². The highest BCUT2D eigenvalue weighted by atomic mass is 16.5. The fraction of sp³-hybridized carbons (Fsp3) is 0.550. The zero-order valence-corrected chi connectivity index (χ0v) is 15.8. The van der Waals surface area contributed by atoms with E-state index in [1.54, 1.807) is 12.1 Å². The number of carbonyl (C=O) groups is 3. The van der Waals surface area contributed by atoms with Gasteiger partial charge in [0, 0.05) is 17.6 Å².